The number of benzene rings is 1. The monoisotopic (exact) mass is 377 g/mol. The highest BCUT2D eigenvalue weighted by molar-refractivity contribution is 9.09. The second-order valence-corrected chi connectivity index (χ2v) is 6.82. The van der Waals surface area contributed by atoms with Crippen LogP contribution in [0.1, 0.15) is 42.5 Å². The third-order valence-electron chi connectivity index (χ3n) is 4.02. The van der Waals surface area contributed by atoms with Gasteiger partial charge in [-0.2, -0.15) is 0 Å². The smallest absolute Gasteiger partial charge is 0.252 e. The van der Waals surface area contributed by atoms with E-state index < -0.39 is 0 Å². The predicted molar refractivity (Wildman–Crippen MR) is 88.1 cm³/mol. The van der Waals surface area contributed by atoms with E-state index in [1.807, 2.05) is 0 Å². The fourth-order valence-electron chi connectivity index (χ4n) is 2.70. The Labute approximate surface area is 138 Å². The standard InChI is InChI=1S/C15H18BrCl2NO/c16-9-15(7-2-1-3-8-15)10-19-14(20)11-5-4-6-12(17)13(11)18/h4-6H,1-3,7-10H2,(H,19,20). The first-order valence-corrected chi connectivity index (χ1v) is 8.74. The minimum Gasteiger partial charge on any atom is -0.351 e. The zero-order chi connectivity index (χ0) is 14.6. The third kappa shape index (κ3) is 3.69. The highest BCUT2D eigenvalue weighted by atomic mass is 79.9. The first-order chi connectivity index (χ1) is 9.58. The second kappa shape index (κ2) is 7.15. The van der Waals surface area contributed by atoms with Crippen LogP contribution in [0.5, 0.6) is 0 Å². The van der Waals surface area contributed by atoms with Crippen molar-refractivity contribution in [2.75, 3.05) is 11.9 Å². The average Bonchev–Trinajstić information content (AvgIpc) is 2.48. The van der Waals surface area contributed by atoms with Crippen molar-refractivity contribution in [3.8, 4) is 0 Å². The van der Waals surface area contributed by atoms with Crippen molar-refractivity contribution in [1.82, 2.24) is 5.32 Å². The van der Waals surface area contributed by atoms with E-state index in [-0.39, 0.29) is 11.3 Å². The van der Waals surface area contributed by atoms with Crippen molar-refractivity contribution in [2.24, 2.45) is 5.41 Å². The van der Waals surface area contributed by atoms with Gasteiger partial charge in [0.25, 0.3) is 5.91 Å². The van der Waals surface area contributed by atoms with Gasteiger partial charge in [-0.25, -0.2) is 0 Å². The molecule has 5 heteroatoms. The van der Waals surface area contributed by atoms with Crippen LogP contribution in [0.3, 0.4) is 0 Å². The van der Waals surface area contributed by atoms with Crippen LogP contribution in [0.25, 0.3) is 0 Å². The molecular formula is C15H18BrCl2NO. The Morgan fingerprint density at radius 3 is 2.60 bits per heavy atom. The Balaban J connectivity index is 2.02. The fourth-order valence-corrected chi connectivity index (χ4v) is 3.85. The summed E-state index contributed by atoms with van der Waals surface area (Å²) in [6, 6.07) is 5.12. The molecule has 0 atom stereocenters. The van der Waals surface area contributed by atoms with Gasteiger partial charge < -0.3 is 5.32 Å². The lowest BCUT2D eigenvalue weighted by Gasteiger charge is -2.35. The Hall–Kier alpha value is -0.250. The highest BCUT2D eigenvalue weighted by Crippen LogP contribution is 2.37. The van der Waals surface area contributed by atoms with Crippen molar-refractivity contribution in [1.29, 1.82) is 0 Å². The van der Waals surface area contributed by atoms with Crippen LogP contribution in [-0.4, -0.2) is 17.8 Å². The molecule has 1 N–H and O–H groups in total. The number of hydrogen-bond acceptors (Lipinski definition) is 1. The molecule has 0 heterocycles. The molecule has 1 aliphatic rings. The maximum atomic E-state index is 12.2. The number of nitrogens with one attached hydrogen (secondary N) is 1. The molecule has 0 saturated heterocycles. The first-order valence-electron chi connectivity index (χ1n) is 6.86. The average molecular weight is 379 g/mol. The Bertz CT molecular complexity index is 487. The molecule has 0 aromatic heterocycles. The zero-order valence-electron chi connectivity index (χ0n) is 11.2. The van der Waals surface area contributed by atoms with Crippen LogP contribution in [0.2, 0.25) is 10.0 Å². The SMILES string of the molecule is O=C(NCC1(CBr)CCCCC1)c1cccc(Cl)c1Cl. The second-order valence-electron chi connectivity index (χ2n) is 5.48. The Morgan fingerprint density at radius 1 is 1.25 bits per heavy atom. The minimum absolute atomic E-state index is 0.150. The van der Waals surface area contributed by atoms with Crippen LogP contribution in [-0.2, 0) is 0 Å². The van der Waals surface area contributed by atoms with Crippen LogP contribution in [0.4, 0.5) is 0 Å². The van der Waals surface area contributed by atoms with Gasteiger partial charge in [0.1, 0.15) is 0 Å². The van der Waals surface area contributed by atoms with Gasteiger partial charge in [0.15, 0.2) is 0 Å². The van der Waals surface area contributed by atoms with Gasteiger partial charge in [0.2, 0.25) is 0 Å². The summed E-state index contributed by atoms with van der Waals surface area (Å²) in [5.41, 5.74) is 0.624. The van der Waals surface area contributed by atoms with E-state index in [1.54, 1.807) is 18.2 Å². The first kappa shape index (κ1) is 16.1. The molecule has 1 aromatic rings. The van der Waals surface area contributed by atoms with E-state index in [0.29, 0.717) is 22.2 Å². The summed E-state index contributed by atoms with van der Waals surface area (Å²) in [6.07, 6.45) is 6.07. The maximum absolute atomic E-state index is 12.2. The topological polar surface area (TPSA) is 29.1 Å². The molecule has 1 amide bonds. The summed E-state index contributed by atoms with van der Waals surface area (Å²) in [4.78, 5) is 12.2. The normalized spacial score (nSPS) is 17.8. The molecule has 2 rings (SSSR count). The summed E-state index contributed by atoms with van der Waals surface area (Å²) in [5.74, 6) is -0.150. The van der Waals surface area contributed by atoms with Crippen molar-refractivity contribution < 1.29 is 4.79 Å². The molecular weight excluding hydrogens is 361 g/mol. The Kier molecular flexibility index (Phi) is 5.76. The van der Waals surface area contributed by atoms with Gasteiger partial charge in [0, 0.05) is 11.9 Å². The van der Waals surface area contributed by atoms with Crippen molar-refractivity contribution in [2.45, 2.75) is 32.1 Å². The Morgan fingerprint density at radius 2 is 1.95 bits per heavy atom. The fraction of sp³-hybridized carbons (Fsp3) is 0.533. The summed E-state index contributed by atoms with van der Waals surface area (Å²) in [5, 5.41) is 4.67. The van der Waals surface area contributed by atoms with E-state index in [1.165, 1.54) is 19.3 Å². The van der Waals surface area contributed by atoms with Gasteiger partial charge in [-0.05, 0) is 30.4 Å². The molecule has 20 heavy (non-hydrogen) atoms. The van der Waals surface area contributed by atoms with E-state index in [9.17, 15) is 4.79 Å². The number of carbonyl (C=O) groups is 1. The van der Waals surface area contributed by atoms with Gasteiger partial charge in [-0.15, -0.1) is 0 Å². The number of rotatable bonds is 4. The van der Waals surface area contributed by atoms with Crippen molar-refractivity contribution in [3.63, 3.8) is 0 Å². The quantitative estimate of drug-likeness (QED) is 0.728. The highest BCUT2D eigenvalue weighted by Gasteiger charge is 2.31. The van der Waals surface area contributed by atoms with E-state index in [2.05, 4.69) is 21.2 Å². The molecule has 0 bridgehead atoms. The van der Waals surface area contributed by atoms with Crippen molar-refractivity contribution in [3.05, 3.63) is 33.8 Å². The molecule has 0 radical (unpaired) electrons. The predicted octanol–water partition coefficient (Wildman–Crippen LogP) is 5.07. The number of hydrogen-bond donors (Lipinski definition) is 1. The molecule has 0 spiro atoms. The van der Waals surface area contributed by atoms with Crippen molar-refractivity contribution >= 4 is 45.0 Å². The molecule has 1 fully saturated rings. The maximum Gasteiger partial charge on any atom is 0.252 e. The number of halogens is 3. The number of carbonyl (C=O) groups excluding carboxylic acids is 1. The van der Waals surface area contributed by atoms with Gasteiger partial charge >= 0.3 is 0 Å². The van der Waals surface area contributed by atoms with Gasteiger partial charge in [-0.3, -0.25) is 4.79 Å². The van der Waals surface area contributed by atoms with Crippen LogP contribution < -0.4 is 5.32 Å². The minimum atomic E-state index is -0.150. The summed E-state index contributed by atoms with van der Waals surface area (Å²) < 4.78 is 0. The lowest BCUT2D eigenvalue weighted by molar-refractivity contribution is 0.0922. The molecule has 1 saturated carbocycles. The number of amides is 1. The lowest BCUT2D eigenvalue weighted by Crippen LogP contribution is -2.40. The van der Waals surface area contributed by atoms with Gasteiger partial charge in [0.05, 0.1) is 15.6 Å². The molecule has 2 nitrogen and oxygen atoms in total. The molecule has 1 aliphatic carbocycles. The third-order valence-corrected chi connectivity index (χ3v) is 6.03. The lowest BCUT2D eigenvalue weighted by atomic mass is 9.75. The van der Waals surface area contributed by atoms with Crippen LogP contribution in [0, 0.1) is 5.41 Å². The summed E-state index contributed by atoms with van der Waals surface area (Å²) in [6.45, 7) is 0.680. The van der Waals surface area contributed by atoms with Gasteiger partial charge in [-0.1, -0.05) is 64.5 Å². The van der Waals surface area contributed by atoms with E-state index in [0.717, 1.165) is 18.2 Å². The van der Waals surface area contributed by atoms with Crippen LogP contribution in [0.15, 0.2) is 18.2 Å². The zero-order valence-corrected chi connectivity index (χ0v) is 14.3. The van der Waals surface area contributed by atoms with E-state index >= 15 is 0 Å². The summed E-state index contributed by atoms with van der Waals surface area (Å²) in [7, 11) is 0. The van der Waals surface area contributed by atoms with Crippen LogP contribution >= 0.6 is 39.1 Å². The molecule has 0 aliphatic heterocycles. The summed E-state index contributed by atoms with van der Waals surface area (Å²) >= 11 is 15.6. The molecule has 110 valence electrons. The largest absolute Gasteiger partial charge is 0.351 e. The molecule has 1 aromatic carbocycles. The molecule has 0 unspecified atom stereocenters. The van der Waals surface area contributed by atoms with E-state index in [4.69, 9.17) is 23.2 Å². The number of alkyl halides is 1.